The Labute approximate surface area is 186 Å². The summed E-state index contributed by atoms with van der Waals surface area (Å²) in [5.74, 6) is -0.152. The molecule has 1 amide bonds. The molecule has 6 nitrogen and oxygen atoms in total. The van der Waals surface area contributed by atoms with Crippen LogP contribution in [0, 0.1) is 0 Å². The fraction of sp³-hybridized carbons (Fsp3) is 0.476. The average molecular weight is 468 g/mol. The summed E-state index contributed by atoms with van der Waals surface area (Å²) in [6.45, 7) is 2.04. The lowest BCUT2D eigenvalue weighted by molar-refractivity contribution is -0.117. The van der Waals surface area contributed by atoms with Gasteiger partial charge in [0.15, 0.2) is 0 Å². The van der Waals surface area contributed by atoms with E-state index >= 15 is 0 Å². The van der Waals surface area contributed by atoms with Crippen molar-refractivity contribution >= 4 is 44.6 Å². The van der Waals surface area contributed by atoms with Gasteiger partial charge in [0.05, 0.1) is 11.6 Å². The van der Waals surface area contributed by atoms with E-state index in [1.54, 1.807) is 17.4 Å². The van der Waals surface area contributed by atoms with Crippen LogP contribution in [0.5, 0.6) is 0 Å². The maximum atomic E-state index is 13.0. The predicted octanol–water partition coefficient (Wildman–Crippen LogP) is 4.18. The predicted molar refractivity (Wildman–Crippen MR) is 120 cm³/mol. The van der Waals surface area contributed by atoms with Crippen LogP contribution in [0.25, 0.3) is 0 Å². The summed E-state index contributed by atoms with van der Waals surface area (Å²) in [4.78, 5) is 14.9. The molecular weight excluding hydrogens is 442 g/mol. The number of carbonyl (C=O) groups is 1. The minimum atomic E-state index is -3.67. The van der Waals surface area contributed by atoms with Crippen molar-refractivity contribution in [1.82, 2.24) is 9.21 Å². The quantitative estimate of drug-likeness (QED) is 0.632. The van der Waals surface area contributed by atoms with Gasteiger partial charge in [-0.15, -0.1) is 0 Å². The van der Waals surface area contributed by atoms with Gasteiger partial charge in [-0.3, -0.25) is 9.69 Å². The van der Waals surface area contributed by atoms with E-state index in [1.165, 1.54) is 22.0 Å². The molecular formula is C21H26ClN3O3S2. The fourth-order valence-electron chi connectivity index (χ4n) is 3.78. The van der Waals surface area contributed by atoms with Crippen molar-refractivity contribution in [2.45, 2.75) is 49.6 Å². The lowest BCUT2D eigenvalue weighted by Crippen LogP contribution is -2.36. The van der Waals surface area contributed by atoms with Crippen LogP contribution < -0.4 is 5.32 Å². The molecule has 1 aromatic heterocycles. The van der Waals surface area contributed by atoms with Gasteiger partial charge < -0.3 is 5.32 Å². The molecule has 0 atom stereocenters. The van der Waals surface area contributed by atoms with Crippen molar-refractivity contribution < 1.29 is 13.2 Å². The van der Waals surface area contributed by atoms with Gasteiger partial charge in [-0.05, 0) is 66.3 Å². The number of piperidine rings is 1. The highest BCUT2D eigenvalue weighted by Crippen LogP contribution is 2.30. The Morgan fingerprint density at radius 3 is 2.63 bits per heavy atom. The molecule has 0 spiro atoms. The maximum absolute atomic E-state index is 13.0. The minimum Gasteiger partial charge on any atom is -0.325 e. The van der Waals surface area contributed by atoms with Crippen LogP contribution in [-0.2, 0) is 21.4 Å². The van der Waals surface area contributed by atoms with E-state index in [4.69, 9.17) is 11.6 Å². The fourth-order valence-corrected chi connectivity index (χ4v) is 6.46. The first-order valence-electron chi connectivity index (χ1n) is 10.3. The van der Waals surface area contributed by atoms with Crippen molar-refractivity contribution in [3.05, 3.63) is 45.6 Å². The molecule has 0 unspecified atom stereocenters. The minimum absolute atomic E-state index is 0.0567. The molecule has 0 bridgehead atoms. The number of hydrogen-bond acceptors (Lipinski definition) is 5. The Balaban J connectivity index is 1.45. The molecule has 1 saturated heterocycles. The number of anilines is 1. The van der Waals surface area contributed by atoms with E-state index < -0.39 is 10.0 Å². The standard InChI is InChI=1S/C21H26ClN3O3S2/c22-19-7-4-17(12-20(19)30(27,28)25-9-2-1-3-10-25)23-21(26)14-24(18-5-6-18)13-16-8-11-29-15-16/h4,7-8,11-12,15,18H,1-3,5-6,9-10,13-14H2,(H,23,26). The molecule has 9 heteroatoms. The zero-order chi connectivity index (χ0) is 21.1. The number of benzene rings is 1. The molecule has 0 radical (unpaired) electrons. The Kier molecular flexibility index (Phi) is 6.79. The molecule has 2 aromatic rings. The molecule has 30 heavy (non-hydrogen) atoms. The Bertz CT molecular complexity index is 985. The summed E-state index contributed by atoms with van der Waals surface area (Å²) in [6.07, 6.45) is 4.97. The number of sulfonamides is 1. The van der Waals surface area contributed by atoms with Crippen molar-refractivity contribution in [1.29, 1.82) is 0 Å². The first-order valence-corrected chi connectivity index (χ1v) is 13.0. The van der Waals surface area contributed by atoms with Crippen molar-refractivity contribution in [3.8, 4) is 0 Å². The van der Waals surface area contributed by atoms with Crippen LogP contribution in [-0.4, -0.2) is 49.2 Å². The smallest absolute Gasteiger partial charge is 0.244 e. The summed E-state index contributed by atoms with van der Waals surface area (Å²) in [7, 11) is -3.67. The molecule has 1 aromatic carbocycles. The van der Waals surface area contributed by atoms with Crippen LogP contribution in [0.3, 0.4) is 0 Å². The number of amides is 1. The van der Waals surface area contributed by atoms with Gasteiger partial charge in [0, 0.05) is 31.4 Å². The highest BCUT2D eigenvalue weighted by molar-refractivity contribution is 7.89. The molecule has 2 fully saturated rings. The van der Waals surface area contributed by atoms with Crippen LogP contribution in [0.4, 0.5) is 5.69 Å². The Morgan fingerprint density at radius 2 is 1.97 bits per heavy atom. The van der Waals surface area contributed by atoms with Crippen molar-refractivity contribution in [3.63, 3.8) is 0 Å². The summed E-state index contributed by atoms with van der Waals surface area (Å²) in [5.41, 5.74) is 1.66. The van der Waals surface area contributed by atoms with Gasteiger partial charge in [0.2, 0.25) is 15.9 Å². The van der Waals surface area contributed by atoms with Gasteiger partial charge in [0.1, 0.15) is 4.90 Å². The number of thiophene rings is 1. The van der Waals surface area contributed by atoms with E-state index in [0.717, 1.165) is 38.6 Å². The lowest BCUT2D eigenvalue weighted by Gasteiger charge is -2.26. The summed E-state index contributed by atoms with van der Waals surface area (Å²) < 4.78 is 27.5. The molecule has 2 heterocycles. The summed E-state index contributed by atoms with van der Waals surface area (Å²) in [5, 5.41) is 7.18. The van der Waals surface area contributed by atoms with Crippen molar-refractivity contribution in [2.75, 3.05) is 25.0 Å². The Morgan fingerprint density at radius 1 is 1.20 bits per heavy atom. The molecule has 1 aliphatic heterocycles. The maximum Gasteiger partial charge on any atom is 0.244 e. The molecule has 1 N–H and O–H groups in total. The van der Waals surface area contributed by atoms with E-state index in [2.05, 4.69) is 21.7 Å². The zero-order valence-corrected chi connectivity index (χ0v) is 19.1. The third-order valence-electron chi connectivity index (χ3n) is 5.52. The number of rotatable bonds is 8. The summed E-state index contributed by atoms with van der Waals surface area (Å²) in [6, 6.07) is 7.18. The molecule has 1 saturated carbocycles. The number of nitrogens with one attached hydrogen (secondary N) is 1. The molecule has 1 aliphatic carbocycles. The van der Waals surface area contributed by atoms with Crippen LogP contribution in [0.15, 0.2) is 39.9 Å². The molecule has 162 valence electrons. The average Bonchev–Trinajstić information content (AvgIpc) is 3.46. The normalized spacial score (nSPS) is 17.9. The second kappa shape index (κ2) is 9.36. The number of carbonyl (C=O) groups excluding carboxylic acids is 1. The van der Waals surface area contributed by atoms with Gasteiger partial charge in [-0.2, -0.15) is 15.6 Å². The van der Waals surface area contributed by atoms with Gasteiger partial charge >= 0.3 is 0 Å². The summed E-state index contributed by atoms with van der Waals surface area (Å²) >= 11 is 7.88. The van der Waals surface area contributed by atoms with E-state index in [-0.39, 0.29) is 22.4 Å². The Hall–Kier alpha value is -1.45. The first-order chi connectivity index (χ1) is 14.4. The second-order valence-corrected chi connectivity index (χ2v) is 11.0. The van der Waals surface area contributed by atoms with Crippen LogP contribution in [0.1, 0.15) is 37.7 Å². The topological polar surface area (TPSA) is 69.7 Å². The third kappa shape index (κ3) is 5.23. The lowest BCUT2D eigenvalue weighted by atomic mass is 10.2. The molecule has 2 aliphatic rings. The SMILES string of the molecule is O=C(CN(Cc1ccsc1)C1CC1)Nc1ccc(Cl)c(S(=O)(=O)N2CCCCC2)c1. The largest absolute Gasteiger partial charge is 0.325 e. The van der Waals surface area contributed by atoms with Gasteiger partial charge in [0.25, 0.3) is 0 Å². The third-order valence-corrected chi connectivity index (χ3v) is 8.64. The van der Waals surface area contributed by atoms with Crippen LogP contribution in [0.2, 0.25) is 5.02 Å². The van der Waals surface area contributed by atoms with Crippen LogP contribution >= 0.6 is 22.9 Å². The van der Waals surface area contributed by atoms with Gasteiger partial charge in [-0.1, -0.05) is 18.0 Å². The van der Waals surface area contributed by atoms with Crippen molar-refractivity contribution in [2.24, 2.45) is 0 Å². The monoisotopic (exact) mass is 467 g/mol. The van der Waals surface area contributed by atoms with E-state index in [1.807, 2.05) is 5.38 Å². The number of hydrogen-bond donors (Lipinski definition) is 1. The van der Waals surface area contributed by atoms with E-state index in [9.17, 15) is 13.2 Å². The van der Waals surface area contributed by atoms with Gasteiger partial charge in [-0.25, -0.2) is 8.42 Å². The highest BCUT2D eigenvalue weighted by atomic mass is 35.5. The highest BCUT2D eigenvalue weighted by Gasteiger charge is 2.31. The van der Waals surface area contributed by atoms with E-state index in [0.29, 0.717) is 24.8 Å². The zero-order valence-electron chi connectivity index (χ0n) is 16.7. The molecule has 4 rings (SSSR count). The number of halogens is 1. The second-order valence-electron chi connectivity index (χ2n) is 7.93. The number of nitrogens with zero attached hydrogens (tertiary/aromatic N) is 2. The first kappa shape index (κ1) is 21.8.